The van der Waals surface area contributed by atoms with Crippen molar-refractivity contribution in [1.82, 2.24) is 5.32 Å². The molecule has 0 unspecified atom stereocenters. The Morgan fingerprint density at radius 3 is 2.60 bits per heavy atom. The average molecular weight is 290 g/mol. The summed E-state index contributed by atoms with van der Waals surface area (Å²) in [5, 5.41) is 3.37. The molecular weight excluding hydrogens is 278 g/mol. The van der Waals surface area contributed by atoms with Gasteiger partial charge in [-0.05, 0) is 23.8 Å². The van der Waals surface area contributed by atoms with Crippen LogP contribution in [0.4, 0.5) is 0 Å². The zero-order chi connectivity index (χ0) is 13.9. The van der Waals surface area contributed by atoms with Crippen LogP contribution in [-0.4, -0.2) is 12.7 Å². The second-order valence-electron chi connectivity index (χ2n) is 4.35. The summed E-state index contributed by atoms with van der Waals surface area (Å²) in [6.45, 7) is 0.536. The number of benzene rings is 2. The van der Waals surface area contributed by atoms with E-state index in [9.17, 15) is 4.79 Å². The lowest BCUT2D eigenvalue weighted by Crippen LogP contribution is -2.22. The largest absolute Gasteiger partial charge is 0.454 e. The fraction of sp³-hybridized carbons (Fsp3) is 0.133. The minimum absolute atomic E-state index is 0.140. The Kier molecular flexibility index (Phi) is 3.48. The molecule has 1 heterocycles. The van der Waals surface area contributed by atoms with E-state index in [1.165, 1.54) is 0 Å². The van der Waals surface area contributed by atoms with Crippen LogP contribution < -0.4 is 14.8 Å². The molecule has 0 radical (unpaired) electrons. The van der Waals surface area contributed by atoms with Gasteiger partial charge in [0.15, 0.2) is 11.5 Å². The average Bonchev–Trinajstić information content (AvgIpc) is 2.92. The summed E-state index contributed by atoms with van der Waals surface area (Å²) in [6, 6.07) is 12.5. The first kappa shape index (κ1) is 12.8. The van der Waals surface area contributed by atoms with Crippen LogP contribution in [0.3, 0.4) is 0 Å². The quantitative estimate of drug-likeness (QED) is 0.945. The maximum absolute atomic E-state index is 12.0. The molecular formula is C15H12ClNO3. The number of nitrogens with one attached hydrogen (secondary N) is 1. The van der Waals surface area contributed by atoms with Crippen molar-refractivity contribution in [3.63, 3.8) is 0 Å². The molecule has 2 aromatic carbocycles. The highest BCUT2D eigenvalue weighted by Gasteiger charge is 2.16. The maximum atomic E-state index is 12.0. The van der Waals surface area contributed by atoms with Gasteiger partial charge in [-0.25, -0.2) is 0 Å². The van der Waals surface area contributed by atoms with E-state index in [-0.39, 0.29) is 12.7 Å². The van der Waals surface area contributed by atoms with Crippen LogP contribution in [0.2, 0.25) is 5.02 Å². The molecule has 0 fully saturated rings. The van der Waals surface area contributed by atoms with Gasteiger partial charge in [-0.2, -0.15) is 0 Å². The van der Waals surface area contributed by atoms with Crippen molar-refractivity contribution in [1.29, 1.82) is 0 Å². The van der Waals surface area contributed by atoms with Crippen molar-refractivity contribution in [3.8, 4) is 11.5 Å². The standard InChI is InChI=1S/C15H12ClNO3/c16-12-7-14-13(19-9-20-14)6-11(12)8-17-15(18)10-4-2-1-3-5-10/h1-7H,8-9H2,(H,17,18). The van der Waals surface area contributed by atoms with E-state index >= 15 is 0 Å². The Morgan fingerprint density at radius 1 is 1.15 bits per heavy atom. The molecule has 20 heavy (non-hydrogen) atoms. The first-order valence-electron chi connectivity index (χ1n) is 6.15. The highest BCUT2D eigenvalue weighted by molar-refractivity contribution is 6.31. The van der Waals surface area contributed by atoms with Crippen LogP contribution in [0, 0.1) is 0 Å². The Hall–Kier alpha value is -2.20. The van der Waals surface area contributed by atoms with Gasteiger partial charge in [0, 0.05) is 23.2 Å². The molecule has 0 saturated heterocycles. The molecule has 1 aliphatic heterocycles. The van der Waals surface area contributed by atoms with E-state index < -0.39 is 0 Å². The van der Waals surface area contributed by atoms with E-state index in [1.54, 1.807) is 24.3 Å². The fourth-order valence-electron chi connectivity index (χ4n) is 1.96. The van der Waals surface area contributed by atoms with Crippen LogP contribution >= 0.6 is 11.6 Å². The van der Waals surface area contributed by atoms with E-state index in [0.29, 0.717) is 28.6 Å². The van der Waals surface area contributed by atoms with Crippen LogP contribution in [0.15, 0.2) is 42.5 Å². The number of hydrogen-bond donors (Lipinski definition) is 1. The highest BCUT2D eigenvalue weighted by Crippen LogP contribution is 2.36. The molecule has 1 amide bonds. The van der Waals surface area contributed by atoms with Crippen LogP contribution in [0.5, 0.6) is 11.5 Å². The number of ether oxygens (including phenoxy) is 2. The number of hydrogen-bond acceptors (Lipinski definition) is 3. The second-order valence-corrected chi connectivity index (χ2v) is 4.75. The lowest BCUT2D eigenvalue weighted by molar-refractivity contribution is 0.0951. The van der Waals surface area contributed by atoms with Crippen molar-refractivity contribution >= 4 is 17.5 Å². The summed E-state index contributed by atoms with van der Waals surface area (Å²) >= 11 is 6.15. The van der Waals surface area contributed by atoms with E-state index in [2.05, 4.69) is 5.32 Å². The Balaban J connectivity index is 1.71. The summed E-state index contributed by atoms with van der Waals surface area (Å²) in [7, 11) is 0. The van der Waals surface area contributed by atoms with Crippen LogP contribution in [0.1, 0.15) is 15.9 Å². The lowest BCUT2D eigenvalue weighted by Gasteiger charge is -2.08. The van der Waals surface area contributed by atoms with Crippen molar-refractivity contribution in [2.24, 2.45) is 0 Å². The number of amides is 1. The van der Waals surface area contributed by atoms with Gasteiger partial charge in [0.2, 0.25) is 6.79 Å². The molecule has 0 spiro atoms. The van der Waals surface area contributed by atoms with E-state index in [0.717, 1.165) is 5.56 Å². The molecule has 3 rings (SSSR count). The highest BCUT2D eigenvalue weighted by atomic mass is 35.5. The second kappa shape index (κ2) is 5.43. The molecule has 1 N–H and O–H groups in total. The van der Waals surface area contributed by atoms with Gasteiger partial charge < -0.3 is 14.8 Å². The minimum atomic E-state index is -0.140. The number of fused-ring (bicyclic) bond motifs is 1. The summed E-state index contributed by atoms with van der Waals surface area (Å²) in [4.78, 5) is 12.0. The third kappa shape index (κ3) is 2.56. The van der Waals surface area contributed by atoms with Gasteiger partial charge in [-0.3, -0.25) is 4.79 Å². The number of halogens is 1. The Labute approximate surface area is 121 Å². The van der Waals surface area contributed by atoms with Crippen molar-refractivity contribution in [2.45, 2.75) is 6.54 Å². The first-order valence-corrected chi connectivity index (χ1v) is 6.53. The third-order valence-electron chi connectivity index (χ3n) is 3.02. The number of rotatable bonds is 3. The van der Waals surface area contributed by atoms with Crippen molar-refractivity contribution in [3.05, 3.63) is 58.6 Å². The van der Waals surface area contributed by atoms with Gasteiger partial charge >= 0.3 is 0 Å². The summed E-state index contributed by atoms with van der Waals surface area (Å²) in [5.74, 6) is 1.14. The normalized spacial score (nSPS) is 12.2. The predicted octanol–water partition coefficient (Wildman–Crippen LogP) is 3.00. The van der Waals surface area contributed by atoms with Crippen LogP contribution in [0.25, 0.3) is 0 Å². The smallest absolute Gasteiger partial charge is 0.251 e. The molecule has 0 saturated carbocycles. The number of carbonyl (C=O) groups is 1. The first-order chi connectivity index (χ1) is 9.74. The van der Waals surface area contributed by atoms with Gasteiger partial charge in [-0.15, -0.1) is 0 Å². The maximum Gasteiger partial charge on any atom is 0.251 e. The van der Waals surface area contributed by atoms with Crippen molar-refractivity contribution < 1.29 is 14.3 Å². The fourth-order valence-corrected chi connectivity index (χ4v) is 2.18. The van der Waals surface area contributed by atoms with Gasteiger partial charge in [0.25, 0.3) is 5.91 Å². The molecule has 0 atom stereocenters. The molecule has 102 valence electrons. The molecule has 2 aromatic rings. The SMILES string of the molecule is O=C(NCc1cc2c(cc1Cl)OCO2)c1ccccc1. The lowest BCUT2D eigenvalue weighted by atomic mass is 10.1. The summed E-state index contributed by atoms with van der Waals surface area (Å²) in [6.07, 6.45) is 0. The van der Waals surface area contributed by atoms with Crippen LogP contribution in [-0.2, 0) is 6.54 Å². The monoisotopic (exact) mass is 289 g/mol. The summed E-state index contributed by atoms with van der Waals surface area (Å²) < 4.78 is 10.5. The zero-order valence-corrected chi connectivity index (χ0v) is 11.3. The molecule has 1 aliphatic rings. The molecule has 0 aromatic heterocycles. The topological polar surface area (TPSA) is 47.6 Å². The molecule has 5 heteroatoms. The van der Waals surface area contributed by atoms with Gasteiger partial charge in [-0.1, -0.05) is 29.8 Å². The van der Waals surface area contributed by atoms with E-state index in [1.807, 2.05) is 18.2 Å². The minimum Gasteiger partial charge on any atom is -0.454 e. The molecule has 4 nitrogen and oxygen atoms in total. The Morgan fingerprint density at radius 2 is 1.85 bits per heavy atom. The zero-order valence-electron chi connectivity index (χ0n) is 10.6. The van der Waals surface area contributed by atoms with E-state index in [4.69, 9.17) is 21.1 Å². The van der Waals surface area contributed by atoms with Gasteiger partial charge in [0.05, 0.1) is 0 Å². The third-order valence-corrected chi connectivity index (χ3v) is 3.37. The predicted molar refractivity (Wildman–Crippen MR) is 75.2 cm³/mol. The molecule has 0 bridgehead atoms. The molecule has 0 aliphatic carbocycles. The number of carbonyl (C=O) groups excluding carboxylic acids is 1. The van der Waals surface area contributed by atoms with Crippen molar-refractivity contribution in [2.75, 3.05) is 6.79 Å². The summed E-state index contributed by atoms with van der Waals surface area (Å²) in [5.41, 5.74) is 1.41. The van der Waals surface area contributed by atoms with Gasteiger partial charge in [0.1, 0.15) is 0 Å². The Bertz CT molecular complexity index is 643.